The van der Waals surface area contributed by atoms with Crippen LogP contribution in [0.1, 0.15) is 57.1 Å². The molecule has 2 fully saturated rings. The predicted molar refractivity (Wildman–Crippen MR) is 106 cm³/mol. The Hall–Kier alpha value is -1.64. The molecule has 1 aromatic carbocycles. The molecule has 1 aromatic rings. The fourth-order valence-corrected chi connectivity index (χ4v) is 4.58. The average Bonchev–Trinajstić information content (AvgIpc) is 3.01. The Kier molecular flexibility index (Phi) is 6.79. The lowest BCUT2D eigenvalue weighted by molar-refractivity contribution is -0.223. The van der Waals surface area contributed by atoms with Gasteiger partial charge in [-0.3, -0.25) is 4.79 Å². The summed E-state index contributed by atoms with van der Waals surface area (Å²) in [4.78, 5) is 14.8. The van der Waals surface area contributed by atoms with E-state index >= 15 is 0 Å². The maximum absolute atomic E-state index is 13.3. The number of alkyl halides is 3. The monoisotopic (exact) mass is 429 g/mol. The molecule has 1 aliphatic heterocycles. The SMILES string of the molecule is CCCO[C@H](c1ccc(N2CC[C@]3(CC[C@@](O)(COC)CC3)C2=O)cc1)C(F)(F)F. The number of halogens is 3. The maximum Gasteiger partial charge on any atom is 0.418 e. The fraction of sp³-hybridized carbons (Fsp3) is 0.682. The number of rotatable bonds is 7. The summed E-state index contributed by atoms with van der Waals surface area (Å²) in [6, 6.07) is 5.90. The van der Waals surface area contributed by atoms with E-state index in [0.29, 0.717) is 50.8 Å². The van der Waals surface area contributed by atoms with Gasteiger partial charge < -0.3 is 19.5 Å². The molecule has 1 amide bonds. The summed E-state index contributed by atoms with van der Waals surface area (Å²) in [5, 5.41) is 10.5. The lowest BCUT2D eigenvalue weighted by Gasteiger charge is -2.40. The van der Waals surface area contributed by atoms with Crippen molar-refractivity contribution in [1.29, 1.82) is 0 Å². The second kappa shape index (κ2) is 8.85. The molecule has 168 valence electrons. The summed E-state index contributed by atoms with van der Waals surface area (Å²) in [5.74, 6) is -0.00989. The van der Waals surface area contributed by atoms with Gasteiger partial charge in [0.1, 0.15) is 0 Å². The summed E-state index contributed by atoms with van der Waals surface area (Å²) in [7, 11) is 1.55. The smallest absolute Gasteiger partial charge is 0.387 e. The van der Waals surface area contributed by atoms with E-state index in [1.807, 2.05) is 0 Å². The molecule has 1 N–H and O–H groups in total. The van der Waals surface area contributed by atoms with Crippen molar-refractivity contribution in [3.05, 3.63) is 29.8 Å². The number of nitrogens with zero attached hydrogens (tertiary/aromatic N) is 1. The zero-order chi connectivity index (χ0) is 22.0. The first kappa shape index (κ1) is 23.0. The number of methoxy groups -OCH3 is 1. The van der Waals surface area contributed by atoms with Crippen molar-refractivity contribution >= 4 is 11.6 Å². The van der Waals surface area contributed by atoms with Crippen molar-refractivity contribution in [3.8, 4) is 0 Å². The van der Waals surface area contributed by atoms with Crippen molar-refractivity contribution in [1.82, 2.24) is 0 Å². The third-order valence-electron chi connectivity index (χ3n) is 6.36. The topological polar surface area (TPSA) is 59.0 Å². The van der Waals surface area contributed by atoms with Crippen LogP contribution in [-0.2, 0) is 14.3 Å². The Morgan fingerprint density at radius 3 is 2.30 bits per heavy atom. The first-order chi connectivity index (χ1) is 14.1. The van der Waals surface area contributed by atoms with Gasteiger partial charge in [-0.15, -0.1) is 0 Å². The first-order valence-corrected chi connectivity index (χ1v) is 10.5. The van der Waals surface area contributed by atoms with Gasteiger partial charge in [-0.05, 0) is 56.2 Å². The number of carbonyl (C=O) groups is 1. The third-order valence-corrected chi connectivity index (χ3v) is 6.36. The summed E-state index contributed by atoms with van der Waals surface area (Å²) in [6.07, 6.45) is -3.11. The highest BCUT2D eigenvalue weighted by molar-refractivity contribution is 6.00. The molecule has 0 radical (unpaired) electrons. The molecule has 5 nitrogen and oxygen atoms in total. The third kappa shape index (κ3) is 4.65. The van der Waals surface area contributed by atoms with Crippen LogP contribution in [0, 0.1) is 5.41 Å². The van der Waals surface area contributed by atoms with E-state index in [1.54, 1.807) is 31.1 Å². The molecule has 1 saturated carbocycles. The second-order valence-corrected chi connectivity index (χ2v) is 8.53. The van der Waals surface area contributed by atoms with Crippen LogP contribution in [0.15, 0.2) is 24.3 Å². The van der Waals surface area contributed by atoms with Crippen LogP contribution < -0.4 is 4.90 Å². The van der Waals surface area contributed by atoms with Crippen molar-refractivity contribution in [2.75, 3.05) is 31.8 Å². The van der Waals surface area contributed by atoms with Crippen molar-refractivity contribution < 1.29 is 32.5 Å². The Labute approximate surface area is 175 Å². The van der Waals surface area contributed by atoms with Crippen LogP contribution in [0.3, 0.4) is 0 Å². The van der Waals surface area contributed by atoms with Crippen LogP contribution >= 0.6 is 0 Å². The van der Waals surface area contributed by atoms with Gasteiger partial charge in [-0.25, -0.2) is 0 Å². The highest BCUT2D eigenvalue weighted by Crippen LogP contribution is 2.48. The molecule has 1 spiro atoms. The minimum atomic E-state index is -4.49. The van der Waals surface area contributed by atoms with Crippen LogP contribution in [0.2, 0.25) is 0 Å². The molecule has 1 aliphatic carbocycles. The van der Waals surface area contributed by atoms with Gasteiger partial charge in [0, 0.05) is 25.9 Å². The van der Waals surface area contributed by atoms with Gasteiger partial charge >= 0.3 is 6.18 Å². The molecular formula is C22H30F3NO4. The normalized spacial score (nSPS) is 28.3. The number of amides is 1. The van der Waals surface area contributed by atoms with Gasteiger partial charge in [-0.1, -0.05) is 19.1 Å². The maximum atomic E-state index is 13.3. The first-order valence-electron chi connectivity index (χ1n) is 10.5. The predicted octanol–water partition coefficient (Wildman–Crippen LogP) is 4.39. The van der Waals surface area contributed by atoms with Gasteiger partial charge in [0.05, 0.1) is 17.6 Å². The zero-order valence-electron chi connectivity index (χ0n) is 17.5. The Balaban J connectivity index is 1.71. The van der Waals surface area contributed by atoms with Crippen molar-refractivity contribution in [2.45, 2.75) is 63.3 Å². The van der Waals surface area contributed by atoms with E-state index in [-0.39, 0.29) is 24.7 Å². The van der Waals surface area contributed by atoms with Crippen LogP contribution in [0.5, 0.6) is 0 Å². The molecular weight excluding hydrogens is 399 g/mol. The van der Waals surface area contributed by atoms with E-state index in [2.05, 4.69) is 0 Å². The zero-order valence-corrected chi connectivity index (χ0v) is 17.5. The molecule has 0 bridgehead atoms. The van der Waals surface area contributed by atoms with E-state index in [9.17, 15) is 23.1 Å². The van der Waals surface area contributed by atoms with Crippen molar-refractivity contribution in [3.63, 3.8) is 0 Å². The molecule has 30 heavy (non-hydrogen) atoms. The number of benzene rings is 1. The lowest BCUT2D eigenvalue weighted by Crippen LogP contribution is -2.45. The minimum absolute atomic E-state index is 0.00989. The van der Waals surface area contributed by atoms with Crippen LogP contribution in [0.25, 0.3) is 0 Å². The molecule has 1 heterocycles. The van der Waals surface area contributed by atoms with Gasteiger partial charge in [0.15, 0.2) is 6.10 Å². The summed E-state index contributed by atoms with van der Waals surface area (Å²) in [5.41, 5.74) is -0.768. The van der Waals surface area contributed by atoms with E-state index < -0.39 is 23.3 Å². The molecule has 2 aliphatic rings. The Morgan fingerprint density at radius 2 is 1.77 bits per heavy atom. The number of ether oxygens (including phenoxy) is 2. The largest absolute Gasteiger partial charge is 0.418 e. The second-order valence-electron chi connectivity index (χ2n) is 8.53. The number of hydrogen-bond acceptors (Lipinski definition) is 4. The summed E-state index contributed by atoms with van der Waals surface area (Å²) >= 11 is 0. The Bertz CT molecular complexity index is 727. The number of hydrogen-bond donors (Lipinski definition) is 1. The minimum Gasteiger partial charge on any atom is -0.387 e. The summed E-state index contributed by atoms with van der Waals surface area (Å²) in [6.45, 7) is 2.56. The Morgan fingerprint density at radius 1 is 1.13 bits per heavy atom. The molecule has 0 unspecified atom stereocenters. The standard InChI is InChI=1S/C22H30F3NO4/c1-3-14-30-18(22(23,24)25)16-4-6-17(7-5-16)26-13-12-20(19(26)27)8-10-21(28,11-9-20)15-29-2/h4-7,18,28H,3,8-15H2,1-2H3/t18-,20-,21+/m1/s1. The quantitative estimate of drug-likeness (QED) is 0.698. The molecule has 1 saturated heterocycles. The molecule has 3 rings (SSSR count). The highest BCUT2D eigenvalue weighted by atomic mass is 19.4. The molecule has 0 aromatic heterocycles. The van der Waals surface area contributed by atoms with Crippen LogP contribution in [0.4, 0.5) is 18.9 Å². The number of anilines is 1. The fourth-order valence-electron chi connectivity index (χ4n) is 4.58. The molecule has 8 heteroatoms. The van der Waals surface area contributed by atoms with Gasteiger partial charge in [0.25, 0.3) is 0 Å². The highest BCUT2D eigenvalue weighted by Gasteiger charge is 2.51. The lowest BCUT2D eigenvalue weighted by atomic mass is 9.68. The average molecular weight is 429 g/mol. The van der Waals surface area contributed by atoms with E-state index in [1.165, 1.54) is 12.1 Å². The van der Waals surface area contributed by atoms with Crippen LogP contribution in [-0.4, -0.2) is 49.7 Å². The number of carbonyl (C=O) groups excluding carboxylic acids is 1. The van der Waals surface area contributed by atoms with Gasteiger partial charge in [0.2, 0.25) is 5.91 Å². The van der Waals surface area contributed by atoms with Crippen molar-refractivity contribution in [2.24, 2.45) is 5.41 Å². The summed E-state index contributed by atoms with van der Waals surface area (Å²) < 4.78 is 50.1. The van der Waals surface area contributed by atoms with E-state index in [4.69, 9.17) is 9.47 Å². The van der Waals surface area contributed by atoms with Gasteiger partial charge in [-0.2, -0.15) is 13.2 Å². The molecule has 1 atom stereocenters. The number of aliphatic hydroxyl groups is 1. The van der Waals surface area contributed by atoms with E-state index in [0.717, 1.165) is 0 Å².